The molecule has 3 N–H and O–H groups in total. The van der Waals surface area contributed by atoms with Crippen molar-refractivity contribution in [1.82, 2.24) is 69.4 Å². The van der Waals surface area contributed by atoms with Crippen LogP contribution in [-0.4, -0.2) is 94.8 Å². The van der Waals surface area contributed by atoms with E-state index in [0.29, 0.717) is 38.2 Å². The van der Waals surface area contributed by atoms with Crippen LogP contribution in [0.15, 0.2) is 120 Å². The number of hydrogen-bond acceptors (Lipinski definition) is 14. The number of aryl methyl sites for hydroxylation is 2. The lowest BCUT2D eigenvalue weighted by Gasteiger charge is -2.46. The highest BCUT2D eigenvalue weighted by Gasteiger charge is 2.48. The maximum Gasteiger partial charge on any atom is 0.534 e. The van der Waals surface area contributed by atoms with Gasteiger partial charge in [0.2, 0.25) is 5.16 Å². The van der Waals surface area contributed by atoms with Gasteiger partial charge in [-0.3, -0.25) is 33.2 Å². The highest BCUT2D eigenvalue weighted by atomic mass is 32.2. The first-order valence-electron chi connectivity index (χ1n) is 27.2. The first-order valence-corrected chi connectivity index (χ1v) is 29.8. The number of aromatic amines is 1. The Morgan fingerprint density at radius 3 is 1.62 bits per heavy atom. The van der Waals surface area contributed by atoms with E-state index in [-0.39, 0.29) is 33.5 Å². The van der Waals surface area contributed by atoms with Crippen LogP contribution in [0.3, 0.4) is 0 Å². The van der Waals surface area contributed by atoms with Gasteiger partial charge in [0, 0.05) is 111 Å². The zero-order chi connectivity index (χ0) is 60.3. The number of hydrogen-bond donors (Lipinski definition) is 3. The molecule has 0 spiro atoms. The van der Waals surface area contributed by atoms with Gasteiger partial charge < -0.3 is 14.8 Å². The fraction of sp³-hybridized carbons (Fsp3) is 0.390. The average molecular weight is 1210 g/mol. The van der Waals surface area contributed by atoms with E-state index in [1.165, 1.54) is 46.0 Å². The van der Waals surface area contributed by atoms with Crippen LogP contribution in [0.4, 0.5) is 22.0 Å². The van der Waals surface area contributed by atoms with Crippen molar-refractivity contribution in [1.29, 1.82) is 0 Å². The fourth-order valence-corrected chi connectivity index (χ4v) is 13.9. The smallest absolute Gasteiger partial charge is 0.376 e. The minimum atomic E-state index is -5.71. The molecule has 0 amide bonds. The molecule has 8 aromatic heterocycles. The second-order valence-corrected chi connectivity index (χ2v) is 27.5. The summed E-state index contributed by atoms with van der Waals surface area (Å²) >= 11 is 6.48. The Hall–Kier alpha value is -7.19. The highest BCUT2D eigenvalue weighted by molar-refractivity contribution is 7.99. The van der Waals surface area contributed by atoms with Crippen molar-refractivity contribution in [2.45, 2.75) is 132 Å². The quantitative estimate of drug-likeness (QED) is 0.0507. The van der Waals surface area contributed by atoms with E-state index in [4.69, 9.17) is 17.2 Å². The Bertz CT molecular complexity index is 4230. The van der Waals surface area contributed by atoms with Crippen LogP contribution in [-0.2, 0) is 37.1 Å². The van der Waals surface area contributed by atoms with Crippen molar-refractivity contribution >= 4 is 67.2 Å². The Labute approximate surface area is 492 Å². The van der Waals surface area contributed by atoms with Gasteiger partial charge in [0.25, 0.3) is 0 Å². The molecule has 84 heavy (non-hydrogen) atoms. The summed E-state index contributed by atoms with van der Waals surface area (Å²) in [6.07, 6.45) is 20.5. The van der Waals surface area contributed by atoms with Crippen molar-refractivity contribution in [3.63, 3.8) is 0 Å². The third-order valence-corrected chi connectivity index (χ3v) is 16.9. The Kier molecular flexibility index (Phi) is 16.2. The molecule has 2 aliphatic heterocycles. The third-order valence-electron chi connectivity index (χ3n) is 14.7. The SMILES string of the molecule is CC1(C)CC(Cc2cnc3ccc(OS(=O)(=O)C(F)(F)F)cc3c2)CC(C)(C)N1.Cn1cc(-c2cc(F)c3n[nH]c(=S)n3c2)cn1.Cn1cc(-c2cc(F)c3nnc(Sc4ccc5ncc(CC6CC(C)(C)NC(C)(C)C6)cc5c4)n3c2)cn1. The van der Waals surface area contributed by atoms with E-state index in [0.717, 1.165) is 82.6 Å². The molecule has 0 unspecified atom stereocenters. The number of rotatable bonds is 10. The number of nitrogens with one attached hydrogen (secondary N) is 3. The maximum atomic E-state index is 14.9. The molecule has 2 aromatic carbocycles. The lowest BCUT2D eigenvalue weighted by Crippen LogP contribution is -2.58. The first-order chi connectivity index (χ1) is 39.3. The summed E-state index contributed by atoms with van der Waals surface area (Å²) in [6, 6.07) is 17.1. The lowest BCUT2D eigenvalue weighted by molar-refractivity contribution is -0.0500. The molecule has 2 aliphatic rings. The summed E-state index contributed by atoms with van der Waals surface area (Å²) in [5.41, 5.74) is 2.00. The number of alkyl halides is 3. The van der Waals surface area contributed by atoms with Gasteiger partial charge in [-0.2, -0.15) is 36.9 Å². The molecule has 12 rings (SSSR count). The predicted molar refractivity (Wildman–Crippen MR) is 316 cm³/mol. The normalized spacial score (nSPS) is 17.0. The van der Waals surface area contributed by atoms with E-state index < -0.39 is 33.0 Å². The van der Waals surface area contributed by atoms with Gasteiger partial charge in [-0.25, -0.2) is 8.78 Å². The molecule has 10 heterocycles. The number of halogens is 5. The number of H-pyrrole nitrogens is 1. The molecular weight excluding hydrogens is 1140 g/mol. The van der Waals surface area contributed by atoms with Crippen LogP contribution in [0.1, 0.15) is 92.2 Å². The van der Waals surface area contributed by atoms with Crippen molar-refractivity contribution < 1.29 is 34.6 Å². The highest BCUT2D eigenvalue weighted by Crippen LogP contribution is 2.38. The largest absolute Gasteiger partial charge is 0.534 e. The number of nitrogens with zero attached hydrogens (tertiary/aromatic N) is 11. The van der Waals surface area contributed by atoms with E-state index in [1.54, 1.807) is 38.6 Å². The van der Waals surface area contributed by atoms with Crippen LogP contribution in [0.2, 0.25) is 0 Å². The van der Waals surface area contributed by atoms with Crippen molar-refractivity contribution in [2.24, 2.45) is 25.9 Å². The molecule has 10 aromatic rings. The molecule has 2 saturated heterocycles. The van der Waals surface area contributed by atoms with E-state index >= 15 is 0 Å². The minimum absolute atomic E-state index is 0.00363. The lowest BCUT2D eigenvalue weighted by atomic mass is 9.74. The van der Waals surface area contributed by atoms with Crippen LogP contribution < -0.4 is 14.8 Å². The summed E-state index contributed by atoms with van der Waals surface area (Å²) in [6.45, 7) is 17.9. The van der Waals surface area contributed by atoms with Gasteiger partial charge in [0.05, 0.1) is 23.4 Å². The van der Waals surface area contributed by atoms with Gasteiger partial charge in [-0.05, 0) is 202 Å². The summed E-state index contributed by atoms with van der Waals surface area (Å²) in [7, 11) is -2.06. The van der Waals surface area contributed by atoms with Crippen LogP contribution in [0.25, 0.3) is 55.4 Å². The molecule has 442 valence electrons. The first kappa shape index (κ1) is 60.0. The third kappa shape index (κ3) is 14.0. The molecule has 0 atom stereocenters. The van der Waals surface area contributed by atoms with Crippen molar-refractivity contribution in [2.75, 3.05) is 0 Å². The van der Waals surface area contributed by atoms with Gasteiger partial charge in [-0.1, -0.05) is 0 Å². The predicted octanol–water partition coefficient (Wildman–Crippen LogP) is 12.6. The van der Waals surface area contributed by atoms with E-state index in [1.807, 2.05) is 57.1 Å². The summed E-state index contributed by atoms with van der Waals surface area (Å²) in [5, 5.41) is 32.6. The van der Waals surface area contributed by atoms with Crippen LogP contribution in [0, 0.1) is 28.2 Å². The minimum Gasteiger partial charge on any atom is -0.376 e. The van der Waals surface area contributed by atoms with Gasteiger partial charge in [-0.15, -0.1) is 10.2 Å². The summed E-state index contributed by atoms with van der Waals surface area (Å²) < 4.78 is 99.9. The van der Waals surface area contributed by atoms with Gasteiger partial charge in [0.15, 0.2) is 27.7 Å². The molecule has 2 fully saturated rings. The van der Waals surface area contributed by atoms with Crippen LogP contribution >= 0.6 is 24.0 Å². The standard InChI is InChI=1S/C29H32FN7S.C20H25F3N2O3S.C10H8FN5S/c1-28(2)12-19(13-29(3,4)35-28)8-18-9-20-10-23(6-7-25(20)31-14-18)38-27-34-33-26-24(30)11-21(17-37(26)27)22-15-32-36(5)16-22;1-18(2)10-14(11-19(3,4)25-18)7-13-8-15-9-16(5-6-17(15)24-12-13)28-29(26,27)20(21,22)23;1-15-4-7(3-12-15)6-2-8(11)9-13-14-10(17)16(9)5-6/h6-7,9-11,14-17,19,35H,8,12-13H2,1-5H3;5-6,8-9,12,14,25H,7,10-11H2,1-4H3;2-5H,1H3,(H,14,17). The zero-order valence-electron chi connectivity index (χ0n) is 48.0. The molecule has 0 radical (unpaired) electrons. The van der Waals surface area contributed by atoms with E-state index in [9.17, 15) is 30.4 Å². The molecule has 17 nitrogen and oxygen atoms in total. The summed E-state index contributed by atoms with van der Waals surface area (Å²) in [4.78, 5) is 10.1. The molecular formula is C59H65F5N14O3S3. The number of fused-ring (bicyclic) bond motifs is 4. The molecule has 0 saturated carbocycles. The number of piperidine rings is 2. The van der Waals surface area contributed by atoms with Gasteiger partial charge in [0.1, 0.15) is 5.75 Å². The number of aromatic nitrogens is 12. The zero-order valence-corrected chi connectivity index (χ0v) is 50.5. The second kappa shape index (κ2) is 22.7. The maximum absolute atomic E-state index is 14.9. The fourth-order valence-electron chi connectivity index (χ4n) is 12.4. The van der Waals surface area contributed by atoms with E-state index in [2.05, 4.69) is 118 Å². The Balaban J connectivity index is 0.000000151. The van der Waals surface area contributed by atoms with Crippen molar-refractivity contribution in [3.8, 4) is 28.0 Å². The second-order valence-electron chi connectivity index (χ2n) is 24.6. The van der Waals surface area contributed by atoms with Gasteiger partial charge >= 0.3 is 15.6 Å². The average Bonchev–Trinajstić information content (AvgIpc) is 4.29. The Morgan fingerprint density at radius 1 is 0.631 bits per heavy atom. The van der Waals surface area contributed by atoms with Crippen LogP contribution in [0.5, 0.6) is 5.75 Å². The number of pyridine rings is 4. The molecule has 0 bridgehead atoms. The monoisotopic (exact) mass is 1210 g/mol. The Morgan fingerprint density at radius 2 is 1.12 bits per heavy atom. The molecule has 0 aliphatic carbocycles. The topological polar surface area (TPSA) is 192 Å². The number of benzene rings is 2. The van der Waals surface area contributed by atoms with Crippen molar-refractivity contribution in [3.05, 3.63) is 138 Å². The molecule has 25 heteroatoms. The summed E-state index contributed by atoms with van der Waals surface area (Å²) in [5.74, 6) is -0.200.